The van der Waals surface area contributed by atoms with Gasteiger partial charge in [0.2, 0.25) is 0 Å². The number of anilines is 1. The van der Waals surface area contributed by atoms with E-state index in [1.807, 2.05) is 6.92 Å². The smallest absolute Gasteiger partial charge is 0.185 e. The number of aryl methyl sites for hydroxylation is 3. The van der Waals surface area contributed by atoms with Crippen LogP contribution in [0.5, 0.6) is 0 Å². The van der Waals surface area contributed by atoms with Crippen molar-refractivity contribution in [2.75, 3.05) is 18.0 Å². The molecule has 4 rings (SSSR count). The van der Waals surface area contributed by atoms with Gasteiger partial charge in [0.05, 0.1) is 12.2 Å². The summed E-state index contributed by atoms with van der Waals surface area (Å²) in [5.74, 6) is 2.04. The van der Waals surface area contributed by atoms with Gasteiger partial charge in [0.15, 0.2) is 5.13 Å². The van der Waals surface area contributed by atoms with Gasteiger partial charge in [0.1, 0.15) is 11.6 Å². The second kappa shape index (κ2) is 6.20. The number of fused-ring (bicyclic) bond motifs is 1. The van der Waals surface area contributed by atoms with E-state index in [0.29, 0.717) is 12.1 Å². The van der Waals surface area contributed by atoms with Crippen LogP contribution >= 0.6 is 11.3 Å². The van der Waals surface area contributed by atoms with Crippen LogP contribution in [-0.4, -0.2) is 44.9 Å². The summed E-state index contributed by atoms with van der Waals surface area (Å²) >= 11 is 1.76. The van der Waals surface area contributed by atoms with Gasteiger partial charge in [-0.25, -0.2) is 14.6 Å². The molecule has 4 heterocycles. The lowest BCUT2D eigenvalue weighted by molar-refractivity contribution is 0.299. The molecule has 0 amide bonds. The zero-order valence-electron chi connectivity index (χ0n) is 13.8. The molecule has 7 heteroatoms. The largest absolute Gasteiger partial charge is 0.348 e. The zero-order valence-corrected chi connectivity index (χ0v) is 14.6. The molecule has 1 unspecified atom stereocenters. The SMILES string of the molecule is Cc1csc(N2CCC(NC3CCc4nc(C)nn4C3)CC2)n1. The molecule has 1 N–H and O–H groups in total. The molecule has 2 aliphatic heterocycles. The zero-order chi connectivity index (χ0) is 15.8. The van der Waals surface area contributed by atoms with Crippen LogP contribution in [0.3, 0.4) is 0 Å². The van der Waals surface area contributed by atoms with E-state index >= 15 is 0 Å². The van der Waals surface area contributed by atoms with Crippen LogP contribution in [0.2, 0.25) is 0 Å². The predicted molar refractivity (Wildman–Crippen MR) is 92.1 cm³/mol. The molecule has 0 aromatic carbocycles. The minimum absolute atomic E-state index is 0.530. The highest BCUT2D eigenvalue weighted by Crippen LogP contribution is 2.24. The van der Waals surface area contributed by atoms with Gasteiger partial charge in [-0.15, -0.1) is 11.3 Å². The van der Waals surface area contributed by atoms with E-state index < -0.39 is 0 Å². The second-order valence-corrected chi connectivity index (χ2v) is 7.53. The third-order valence-electron chi connectivity index (χ3n) is 4.81. The minimum atomic E-state index is 0.530. The Balaban J connectivity index is 1.30. The molecular weight excluding hydrogens is 308 g/mol. The van der Waals surface area contributed by atoms with Crippen molar-refractivity contribution in [3.05, 3.63) is 22.7 Å². The first-order chi connectivity index (χ1) is 11.2. The lowest BCUT2D eigenvalue weighted by Crippen LogP contribution is -2.48. The number of hydrogen-bond acceptors (Lipinski definition) is 6. The van der Waals surface area contributed by atoms with Crippen molar-refractivity contribution >= 4 is 16.5 Å². The van der Waals surface area contributed by atoms with E-state index in [4.69, 9.17) is 0 Å². The maximum atomic E-state index is 4.61. The molecule has 1 atom stereocenters. The molecule has 2 aromatic heterocycles. The quantitative estimate of drug-likeness (QED) is 0.931. The highest BCUT2D eigenvalue weighted by Gasteiger charge is 2.26. The van der Waals surface area contributed by atoms with E-state index in [0.717, 1.165) is 43.4 Å². The Labute approximate surface area is 140 Å². The first-order valence-corrected chi connectivity index (χ1v) is 9.39. The van der Waals surface area contributed by atoms with Gasteiger partial charge in [-0.1, -0.05) is 0 Å². The molecule has 1 fully saturated rings. The second-order valence-electron chi connectivity index (χ2n) is 6.69. The first-order valence-electron chi connectivity index (χ1n) is 8.51. The fourth-order valence-electron chi connectivity index (χ4n) is 3.63. The van der Waals surface area contributed by atoms with Crippen molar-refractivity contribution in [3.63, 3.8) is 0 Å². The molecule has 0 bridgehead atoms. The number of nitrogens with one attached hydrogen (secondary N) is 1. The number of nitrogens with zero attached hydrogens (tertiary/aromatic N) is 5. The fourth-order valence-corrected chi connectivity index (χ4v) is 4.48. The highest BCUT2D eigenvalue weighted by atomic mass is 32.1. The van der Waals surface area contributed by atoms with Gasteiger partial charge in [0.25, 0.3) is 0 Å². The summed E-state index contributed by atoms with van der Waals surface area (Å²) in [6.07, 6.45) is 4.59. The summed E-state index contributed by atoms with van der Waals surface area (Å²) in [6, 6.07) is 1.14. The van der Waals surface area contributed by atoms with Gasteiger partial charge in [-0.3, -0.25) is 0 Å². The third-order valence-corrected chi connectivity index (χ3v) is 5.83. The topological polar surface area (TPSA) is 58.9 Å². The van der Waals surface area contributed by atoms with Crippen LogP contribution in [0.4, 0.5) is 5.13 Å². The van der Waals surface area contributed by atoms with Crippen LogP contribution in [0.25, 0.3) is 0 Å². The number of aromatic nitrogens is 4. The molecule has 2 aliphatic rings. The number of hydrogen-bond donors (Lipinski definition) is 1. The monoisotopic (exact) mass is 332 g/mol. The average Bonchev–Trinajstić information content (AvgIpc) is 3.12. The molecule has 1 saturated heterocycles. The Morgan fingerprint density at radius 1 is 1.13 bits per heavy atom. The molecule has 0 saturated carbocycles. The lowest BCUT2D eigenvalue weighted by atomic mass is 10.0. The fraction of sp³-hybridized carbons (Fsp3) is 0.688. The Kier molecular flexibility index (Phi) is 4.07. The summed E-state index contributed by atoms with van der Waals surface area (Å²) in [5.41, 5.74) is 1.13. The minimum Gasteiger partial charge on any atom is -0.348 e. The van der Waals surface area contributed by atoms with E-state index in [1.165, 1.54) is 24.4 Å². The molecule has 23 heavy (non-hydrogen) atoms. The molecule has 0 radical (unpaired) electrons. The molecule has 0 aliphatic carbocycles. The van der Waals surface area contributed by atoms with Crippen LogP contribution in [0.15, 0.2) is 5.38 Å². The number of thiazole rings is 1. The van der Waals surface area contributed by atoms with Crippen molar-refractivity contribution < 1.29 is 0 Å². The van der Waals surface area contributed by atoms with Gasteiger partial charge >= 0.3 is 0 Å². The Morgan fingerprint density at radius 3 is 2.70 bits per heavy atom. The summed E-state index contributed by atoms with van der Waals surface area (Å²) in [6.45, 7) is 7.21. The van der Waals surface area contributed by atoms with Gasteiger partial charge in [-0.05, 0) is 33.1 Å². The summed E-state index contributed by atoms with van der Waals surface area (Å²) in [5, 5.41) is 11.7. The third kappa shape index (κ3) is 3.26. The normalized spacial score (nSPS) is 22.3. The maximum absolute atomic E-state index is 4.61. The Morgan fingerprint density at radius 2 is 1.96 bits per heavy atom. The molecular formula is C16H24N6S. The Bertz CT molecular complexity index is 670. The van der Waals surface area contributed by atoms with Crippen molar-refractivity contribution in [1.82, 2.24) is 25.1 Å². The van der Waals surface area contributed by atoms with E-state index in [9.17, 15) is 0 Å². The van der Waals surface area contributed by atoms with Crippen LogP contribution in [-0.2, 0) is 13.0 Å². The van der Waals surface area contributed by atoms with E-state index in [1.54, 1.807) is 11.3 Å². The van der Waals surface area contributed by atoms with Crippen molar-refractivity contribution in [2.24, 2.45) is 0 Å². The van der Waals surface area contributed by atoms with Crippen molar-refractivity contribution in [3.8, 4) is 0 Å². The van der Waals surface area contributed by atoms with E-state index in [2.05, 4.69) is 42.3 Å². The van der Waals surface area contributed by atoms with Gasteiger partial charge in [-0.2, -0.15) is 5.10 Å². The molecule has 2 aromatic rings. The average molecular weight is 332 g/mol. The molecule has 124 valence electrons. The van der Waals surface area contributed by atoms with Crippen LogP contribution in [0.1, 0.15) is 36.6 Å². The lowest BCUT2D eigenvalue weighted by Gasteiger charge is -2.35. The standard InChI is InChI=1S/C16H24N6S/c1-11-10-23-16(17-11)21-7-5-13(6-8-21)19-14-3-4-15-18-12(2)20-22(15)9-14/h10,13-14,19H,3-9H2,1-2H3. The Hall–Kier alpha value is -1.47. The highest BCUT2D eigenvalue weighted by molar-refractivity contribution is 7.13. The van der Waals surface area contributed by atoms with Crippen LogP contribution < -0.4 is 10.2 Å². The first kappa shape index (κ1) is 15.1. The summed E-state index contributed by atoms with van der Waals surface area (Å²) in [7, 11) is 0. The summed E-state index contributed by atoms with van der Waals surface area (Å²) in [4.78, 5) is 11.5. The molecule has 6 nitrogen and oxygen atoms in total. The summed E-state index contributed by atoms with van der Waals surface area (Å²) < 4.78 is 2.09. The number of piperidine rings is 1. The predicted octanol–water partition coefficient (Wildman–Crippen LogP) is 1.92. The number of rotatable bonds is 3. The van der Waals surface area contributed by atoms with Gasteiger partial charge < -0.3 is 10.2 Å². The molecule has 0 spiro atoms. The van der Waals surface area contributed by atoms with Crippen molar-refractivity contribution in [2.45, 2.75) is 58.2 Å². The van der Waals surface area contributed by atoms with Crippen LogP contribution in [0, 0.1) is 13.8 Å². The van der Waals surface area contributed by atoms with Gasteiger partial charge in [0, 0.05) is 37.0 Å². The maximum Gasteiger partial charge on any atom is 0.185 e. The van der Waals surface area contributed by atoms with Crippen molar-refractivity contribution in [1.29, 1.82) is 0 Å². The van der Waals surface area contributed by atoms with E-state index in [-0.39, 0.29) is 0 Å².